The second-order valence-electron chi connectivity index (χ2n) is 7.37. The Morgan fingerprint density at radius 2 is 2.06 bits per heavy atom. The number of rotatable bonds is 9. The summed E-state index contributed by atoms with van der Waals surface area (Å²) in [4.78, 5) is 41.6. The number of nitrogens with zero attached hydrogens (tertiary/aromatic N) is 3. The molecule has 0 bridgehead atoms. The third-order valence-electron chi connectivity index (χ3n) is 4.95. The molecule has 0 saturated carbocycles. The Labute approximate surface area is 201 Å². The van der Waals surface area contributed by atoms with E-state index in [1.807, 2.05) is 24.3 Å². The molecule has 1 amide bonds. The maximum absolute atomic E-state index is 12.8. The lowest BCUT2D eigenvalue weighted by molar-refractivity contribution is -0.384. The normalized spacial score (nSPS) is 16.3. The highest BCUT2D eigenvalue weighted by Crippen LogP contribution is 2.45. The Bertz CT molecular complexity index is 1190. The molecule has 1 aromatic heterocycles. The minimum atomic E-state index is -0.891. The number of esters is 1. The van der Waals surface area contributed by atoms with Gasteiger partial charge in [0.1, 0.15) is 6.61 Å². The van der Waals surface area contributed by atoms with E-state index in [0.717, 1.165) is 14.6 Å². The Morgan fingerprint density at radius 1 is 1.33 bits per heavy atom. The first kappa shape index (κ1) is 23.3. The fourth-order valence-electron chi connectivity index (χ4n) is 3.27. The molecular weight excluding hydrogens is 482 g/mol. The number of carbonyl (C=O) groups is 2. The highest BCUT2D eigenvalue weighted by molar-refractivity contribution is 8.77. The Hall–Kier alpha value is -2.89. The SMILES string of the molecule is C=C(C)[C@H](C(=O)OCc1ccc([N+](=O)[O-])cc1)N1C(=O)CC1SSc1nc2ccccc2s1. The van der Waals surface area contributed by atoms with E-state index in [4.69, 9.17) is 4.74 Å². The fraction of sp³-hybridized carbons (Fsp3) is 0.227. The van der Waals surface area contributed by atoms with Crippen molar-refractivity contribution in [2.45, 2.75) is 35.7 Å². The number of thiazole rings is 1. The van der Waals surface area contributed by atoms with Crippen LogP contribution in [0, 0.1) is 10.1 Å². The van der Waals surface area contributed by atoms with Crippen molar-refractivity contribution in [2.24, 2.45) is 0 Å². The molecule has 0 aliphatic carbocycles. The van der Waals surface area contributed by atoms with Gasteiger partial charge in [-0.05, 0) is 53.1 Å². The lowest BCUT2D eigenvalue weighted by Crippen LogP contribution is -2.58. The molecule has 1 saturated heterocycles. The highest BCUT2D eigenvalue weighted by Gasteiger charge is 2.45. The van der Waals surface area contributed by atoms with Gasteiger partial charge in [-0.2, -0.15) is 0 Å². The van der Waals surface area contributed by atoms with E-state index in [9.17, 15) is 19.7 Å². The lowest BCUT2D eigenvalue weighted by Gasteiger charge is -2.43. The van der Waals surface area contributed by atoms with Crippen LogP contribution in [-0.4, -0.2) is 38.1 Å². The summed E-state index contributed by atoms with van der Waals surface area (Å²) in [5.41, 5.74) is 2.01. The molecule has 33 heavy (non-hydrogen) atoms. The average molecular weight is 502 g/mol. The number of nitro benzene ring substituents is 1. The molecule has 0 spiro atoms. The van der Waals surface area contributed by atoms with Crippen LogP contribution in [0.3, 0.4) is 0 Å². The van der Waals surface area contributed by atoms with Crippen molar-refractivity contribution in [3.63, 3.8) is 0 Å². The number of ether oxygens (including phenoxy) is 1. The summed E-state index contributed by atoms with van der Waals surface area (Å²) < 4.78 is 7.39. The molecule has 170 valence electrons. The van der Waals surface area contributed by atoms with E-state index >= 15 is 0 Å². The number of para-hydroxylation sites is 1. The zero-order chi connectivity index (χ0) is 23.5. The van der Waals surface area contributed by atoms with Gasteiger partial charge in [0.15, 0.2) is 10.4 Å². The van der Waals surface area contributed by atoms with Gasteiger partial charge in [-0.1, -0.05) is 29.5 Å². The van der Waals surface area contributed by atoms with Gasteiger partial charge in [0.25, 0.3) is 5.69 Å². The van der Waals surface area contributed by atoms with Crippen molar-refractivity contribution in [3.8, 4) is 0 Å². The van der Waals surface area contributed by atoms with Gasteiger partial charge in [-0.15, -0.1) is 11.3 Å². The van der Waals surface area contributed by atoms with E-state index in [0.29, 0.717) is 17.6 Å². The van der Waals surface area contributed by atoms with Crippen LogP contribution in [0.15, 0.2) is 65.0 Å². The number of carbonyl (C=O) groups excluding carboxylic acids is 2. The Balaban J connectivity index is 1.38. The summed E-state index contributed by atoms with van der Waals surface area (Å²) in [7, 11) is 2.97. The fourth-order valence-corrected chi connectivity index (χ4v) is 7.08. The number of hydrogen-bond acceptors (Lipinski definition) is 9. The number of β-lactam (4-membered cyclic amide) rings is 1. The molecule has 1 unspecified atom stereocenters. The number of likely N-dealkylation sites (tertiary alicyclic amines) is 1. The number of aromatic nitrogens is 1. The van der Waals surface area contributed by atoms with E-state index in [2.05, 4.69) is 11.6 Å². The van der Waals surface area contributed by atoms with Crippen LogP contribution in [0.2, 0.25) is 0 Å². The summed E-state index contributed by atoms with van der Waals surface area (Å²) in [6.45, 7) is 5.52. The number of fused-ring (bicyclic) bond motifs is 1. The van der Waals surface area contributed by atoms with E-state index in [-0.39, 0.29) is 23.6 Å². The molecule has 0 radical (unpaired) electrons. The molecule has 8 nitrogen and oxygen atoms in total. The van der Waals surface area contributed by atoms with Crippen LogP contribution >= 0.6 is 32.9 Å². The molecule has 11 heteroatoms. The number of non-ortho nitro benzene ring substituents is 1. The summed E-state index contributed by atoms with van der Waals surface area (Å²) in [6, 6.07) is 12.7. The first-order chi connectivity index (χ1) is 15.8. The van der Waals surface area contributed by atoms with E-state index in [1.165, 1.54) is 50.8 Å². The summed E-state index contributed by atoms with van der Waals surface area (Å²) >= 11 is 1.58. The van der Waals surface area contributed by atoms with Gasteiger partial charge in [0.05, 0.1) is 26.9 Å². The van der Waals surface area contributed by atoms with Crippen molar-refractivity contribution < 1.29 is 19.2 Å². The van der Waals surface area contributed by atoms with Crippen molar-refractivity contribution >= 4 is 60.7 Å². The molecule has 4 rings (SSSR count). The first-order valence-corrected chi connectivity index (χ1v) is 12.9. The van der Waals surface area contributed by atoms with Crippen molar-refractivity contribution in [1.82, 2.24) is 9.88 Å². The number of nitro groups is 1. The zero-order valence-electron chi connectivity index (χ0n) is 17.5. The van der Waals surface area contributed by atoms with Crippen LogP contribution < -0.4 is 0 Å². The molecule has 2 heterocycles. The van der Waals surface area contributed by atoms with Gasteiger partial charge in [0, 0.05) is 12.1 Å². The number of benzene rings is 2. The molecule has 3 aromatic rings. The molecule has 1 aliphatic rings. The second-order valence-corrected chi connectivity index (χ2v) is 11.0. The standard InChI is InChI=1S/C22H19N3O5S3/c1-13(2)20(21(27)30-12-14-7-9-15(10-8-14)25(28)29)24-18(26)11-19(24)32-33-22-23-16-5-3-4-6-17(16)31-22/h3-10,19-20H,1,11-12H2,2H3/t19?,20-/m1/s1. The molecule has 1 aliphatic heterocycles. The maximum atomic E-state index is 12.8. The van der Waals surface area contributed by atoms with Crippen LogP contribution in [0.5, 0.6) is 0 Å². The number of amides is 1. The third-order valence-corrected chi connectivity index (χ3v) is 8.97. The smallest absolute Gasteiger partial charge is 0.333 e. The first-order valence-electron chi connectivity index (χ1n) is 9.89. The predicted molar refractivity (Wildman–Crippen MR) is 130 cm³/mol. The third kappa shape index (κ3) is 5.21. The van der Waals surface area contributed by atoms with Gasteiger partial charge in [-0.25, -0.2) is 9.78 Å². The van der Waals surface area contributed by atoms with E-state index in [1.54, 1.807) is 18.3 Å². The Kier molecular flexibility index (Phi) is 7.01. The van der Waals surface area contributed by atoms with Crippen molar-refractivity contribution in [2.75, 3.05) is 0 Å². The maximum Gasteiger partial charge on any atom is 0.333 e. The van der Waals surface area contributed by atoms with Gasteiger partial charge in [-0.3, -0.25) is 14.9 Å². The van der Waals surface area contributed by atoms with E-state index < -0.39 is 16.9 Å². The van der Waals surface area contributed by atoms with Gasteiger partial charge >= 0.3 is 5.97 Å². The number of hydrogen-bond donors (Lipinski definition) is 0. The monoisotopic (exact) mass is 501 g/mol. The molecule has 1 fully saturated rings. The highest BCUT2D eigenvalue weighted by atomic mass is 33.1. The molecular formula is C22H19N3O5S3. The van der Waals surface area contributed by atoms with Crippen LogP contribution in [0.4, 0.5) is 5.69 Å². The van der Waals surface area contributed by atoms with Gasteiger partial charge < -0.3 is 9.64 Å². The van der Waals surface area contributed by atoms with Crippen LogP contribution in [-0.2, 0) is 20.9 Å². The predicted octanol–water partition coefficient (Wildman–Crippen LogP) is 5.19. The molecule has 2 aromatic carbocycles. The summed E-state index contributed by atoms with van der Waals surface area (Å²) in [5, 5.41) is 10.6. The largest absolute Gasteiger partial charge is 0.459 e. The topological polar surface area (TPSA) is 103 Å². The minimum absolute atomic E-state index is 0.0402. The average Bonchev–Trinajstić information content (AvgIpc) is 3.21. The van der Waals surface area contributed by atoms with Crippen molar-refractivity contribution in [3.05, 3.63) is 76.4 Å². The summed E-state index contributed by atoms with van der Waals surface area (Å²) in [6.07, 6.45) is 0.321. The lowest BCUT2D eigenvalue weighted by atomic mass is 10.0. The van der Waals surface area contributed by atoms with Gasteiger partial charge in [0.2, 0.25) is 5.91 Å². The van der Waals surface area contributed by atoms with Crippen LogP contribution in [0.1, 0.15) is 18.9 Å². The Morgan fingerprint density at radius 3 is 2.70 bits per heavy atom. The summed E-state index contributed by atoms with van der Waals surface area (Å²) in [5.74, 6) is -0.720. The second kappa shape index (κ2) is 9.94. The molecule has 2 atom stereocenters. The van der Waals surface area contributed by atoms with Crippen LogP contribution in [0.25, 0.3) is 10.2 Å². The van der Waals surface area contributed by atoms with Crippen molar-refractivity contribution in [1.29, 1.82) is 0 Å². The quantitative estimate of drug-likeness (QED) is 0.0985. The molecule has 0 N–H and O–H groups in total. The minimum Gasteiger partial charge on any atom is -0.459 e. The zero-order valence-corrected chi connectivity index (χ0v) is 20.0.